The molecule has 2 N–H and O–H groups in total. The van der Waals surface area contributed by atoms with Crippen LogP contribution in [0.5, 0.6) is 0 Å². The van der Waals surface area contributed by atoms with E-state index in [4.69, 9.17) is 9.68 Å². The number of carbonyl (C=O) groups is 2. The van der Waals surface area contributed by atoms with Gasteiger partial charge in [0.25, 0.3) is 0 Å². The molecule has 6 nitrogen and oxygen atoms in total. The third-order valence-corrected chi connectivity index (χ3v) is 9.19. The highest BCUT2D eigenvalue weighted by molar-refractivity contribution is 5.84. The number of allylic oxidation sites excluding steroid dienone is 2. The van der Waals surface area contributed by atoms with E-state index in [9.17, 15) is 9.59 Å². The number of nitrogens with one attached hydrogen (secondary N) is 2. The second kappa shape index (κ2) is 41.5. The molecule has 0 aromatic heterocycles. The Morgan fingerprint density at radius 2 is 0.562 bits per heavy atom. The Labute approximate surface area is 298 Å². The Morgan fingerprint density at radius 3 is 0.792 bits per heavy atom. The maximum absolute atomic E-state index is 11.8. The average Bonchev–Trinajstić information content (AvgIpc) is 3.09. The van der Waals surface area contributed by atoms with Crippen molar-refractivity contribution >= 4 is 11.9 Å². The predicted octanol–water partition coefficient (Wildman–Crippen LogP) is 12.7. The molecular weight excluding hydrogens is 596 g/mol. The summed E-state index contributed by atoms with van der Waals surface area (Å²) in [5, 5.41) is 0. The lowest BCUT2D eigenvalue weighted by molar-refractivity contribution is -0.145. The van der Waals surface area contributed by atoms with E-state index >= 15 is 0 Å². The molecule has 0 atom stereocenters. The van der Waals surface area contributed by atoms with Crippen LogP contribution in [0.2, 0.25) is 0 Å². The van der Waals surface area contributed by atoms with Gasteiger partial charge in [0.2, 0.25) is 0 Å². The van der Waals surface area contributed by atoms with E-state index in [1.54, 1.807) is 0 Å². The van der Waals surface area contributed by atoms with Crippen molar-refractivity contribution in [3.05, 3.63) is 24.3 Å². The van der Waals surface area contributed by atoms with Crippen LogP contribution >= 0.6 is 0 Å². The van der Waals surface area contributed by atoms with Gasteiger partial charge < -0.3 is 0 Å². The molecule has 0 spiro atoms. The van der Waals surface area contributed by atoms with Gasteiger partial charge in [0, 0.05) is 0 Å². The van der Waals surface area contributed by atoms with Crippen molar-refractivity contribution in [2.45, 2.75) is 219 Å². The summed E-state index contributed by atoms with van der Waals surface area (Å²) in [6, 6.07) is 0. The lowest BCUT2D eigenvalue weighted by atomic mass is 10.0. The van der Waals surface area contributed by atoms with E-state index in [2.05, 4.69) is 24.8 Å². The zero-order valence-electron chi connectivity index (χ0n) is 32.0. The van der Waals surface area contributed by atoms with Crippen molar-refractivity contribution in [1.29, 1.82) is 0 Å². The minimum Gasteiger partial charge on any atom is -0.195 e. The van der Waals surface area contributed by atoms with Gasteiger partial charge in [-0.3, -0.25) is 0 Å². The highest BCUT2D eigenvalue weighted by Crippen LogP contribution is 2.15. The fraction of sp³-hybridized carbons (Fsp3) is 0.857. The summed E-state index contributed by atoms with van der Waals surface area (Å²) in [5.74, 6) is -0.961. The maximum atomic E-state index is 11.8. The van der Waals surface area contributed by atoms with Crippen LogP contribution < -0.4 is 11.0 Å². The highest BCUT2D eigenvalue weighted by atomic mass is 16.7. The van der Waals surface area contributed by atoms with Gasteiger partial charge in [0.05, 0.1) is 34.8 Å². The van der Waals surface area contributed by atoms with Crippen LogP contribution in [0.4, 0.5) is 0 Å². The van der Waals surface area contributed by atoms with Crippen LogP contribution in [0.3, 0.4) is 0 Å². The number of hydroxylamine groups is 2. The Kier molecular flexibility index (Phi) is 40.1. The Morgan fingerprint density at radius 1 is 0.354 bits per heavy atom. The molecule has 0 fully saturated rings. The van der Waals surface area contributed by atoms with Gasteiger partial charge in [-0.25, -0.2) is 0 Å². The summed E-state index contributed by atoms with van der Waals surface area (Å²) < 4.78 is 0. The molecule has 0 aliphatic rings. The third-order valence-electron chi connectivity index (χ3n) is 9.19. The molecule has 0 aromatic rings. The smallest absolute Gasteiger partial charge is 0.195 e. The van der Waals surface area contributed by atoms with Gasteiger partial charge in [-0.05, 0) is 25.0 Å². The van der Waals surface area contributed by atoms with E-state index in [0.717, 1.165) is 25.7 Å². The molecule has 0 rings (SSSR count). The van der Waals surface area contributed by atoms with Crippen molar-refractivity contribution in [2.24, 2.45) is 0 Å². The first-order chi connectivity index (χ1) is 23.7. The molecule has 0 aromatic carbocycles. The Hall–Kier alpha value is -1.66. The minimum absolute atomic E-state index is 0.480. The maximum Gasteiger partial charge on any atom is 0.623 e. The number of hydrogen-bond donors (Lipinski definition) is 2. The van der Waals surface area contributed by atoms with Crippen molar-refractivity contribution in [3.63, 3.8) is 0 Å². The highest BCUT2D eigenvalue weighted by Gasteiger charge is 2.13. The molecule has 0 unspecified atom stereocenters. The van der Waals surface area contributed by atoms with E-state index in [1.807, 2.05) is 0 Å². The molecule has 0 amide bonds. The summed E-state index contributed by atoms with van der Waals surface area (Å²) in [6.07, 6.45) is 48.4. The normalized spacial score (nSPS) is 11.6. The van der Waals surface area contributed by atoms with Gasteiger partial charge >= 0.3 is 11.9 Å². The number of unbranched alkanes of at least 4 members (excludes halogenated alkanes) is 30. The first-order valence-electron chi connectivity index (χ1n) is 20.9. The zero-order chi connectivity index (χ0) is 34.9. The Bertz CT molecular complexity index is 664. The molecule has 0 saturated carbocycles. The molecular formula is C42H80N2O4+2. The second-order valence-electron chi connectivity index (χ2n) is 14.0. The molecule has 0 heterocycles. The zero-order valence-corrected chi connectivity index (χ0v) is 32.0. The topological polar surface area (TPSA) is 82.3 Å². The van der Waals surface area contributed by atoms with Crippen molar-refractivity contribution in [3.8, 4) is 0 Å². The lowest BCUT2D eigenvalue weighted by Crippen LogP contribution is -2.19. The van der Waals surface area contributed by atoms with Gasteiger partial charge in [-0.15, -0.1) is 0 Å². The molecule has 0 bridgehead atoms. The van der Waals surface area contributed by atoms with E-state index < -0.39 is 11.9 Å². The minimum atomic E-state index is -0.480. The summed E-state index contributed by atoms with van der Waals surface area (Å²) in [5.41, 5.74) is 5.47. The fourth-order valence-electron chi connectivity index (χ4n) is 6.07. The summed E-state index contributed by atoms with van der Waals surface area (Å²) in [7, 11) is 0. The molecule has 48 heavy (non-hydrogen) atoms. The first kappa shape index (κ1) is 46.3. The van der Waals surface area contributed by atoms with Crippen LogP contribution in [-0.4, -0.2) is 25.0 Å². The van der Waals surface area contributed by atoms with Crippen LogP contribution in [0, 0.1) is 0 Å². The predicted molar refractivity (Wildman–Crippen MR) is 206 cm³/mol. The standard InChI is InChI=1S/C42H80N2O4/c1-3-5-7-9-11-13-15-17-19-21-23-25-27-29-31-35-39-43-47-41(45)37-33-34-38-42(46)48-44-40-36-32-30-28-26-24-22-20-18-16-14-12-10-8-6-4-2/h33-34,37-38,43-44H,3-32,35-36,39-40H2,1-2H3/q+2/b37-33+,38-34+. The third kappa shape index (κ3) is 40.5. The average molecular weight is 677 g/mol. The number of rotatable bonds is 39. The van der Waals surface area contributed by atoms with Crippen LogP contribution in [-0.2, 0) is 19.3 Å². The first-order valence-corrected chi connectivity index (χ1v) is 20.9. The van der Waals surface area contributed by atoms with Crippen molar-refractivity contribution < 1.29 is 19.3 Å². The molecule has 6 heteroatoms. The number of carbonyl (C=O) groups excluding carboxylic acids is 2. The quantitative estimate of drug-likeness (QED) is 0.0222. The monoisotopic (exact) mass is 677 g/mol. The number of hydrogen-bond acceptors (Lipinski definition) is 6. The van der Waals surface area contributed by atoms with E-state index in [1.165, 1.54) is 204 Å². The van der Waals surface area contributed by atoms with Crippen LogP contribution in [0.15, 0.2) is 24.3 Å². The molecule has 280 valence electrons. The van der Waals surface area contributed by atoms with Crippen molar-refractivity contribution in [2.75, 3.05) is 13.1 Å². The fourth-order valence-corrected chi connectivity index (χ4v) is 6.07. The van der Waals surface area contributed by atoms with Crippen LogP contribution in [0.1, 0.15) is 219 Å². The van der Waals surface area contributed by atoms with E-state index in [0.29, 0.717) is 13.1 Å². The second-order valence-corrected chi connectivity index (χ2v) is 14.0. The van der Waals surface area contributed by atoms with Gasteiger partial charge in [0.15, 0.2) is 0 Å². The lowest BCUT2D eigenvalue weighted by Gasteiger charge is -2.03. The van der Waals surface area contributed by atoms with Gasteiger partial charge in [0.1, 0.15) is 0 Å². The summed E-state index contributed by atoms with van der Waals surface area (Å²) in [6.45, 7) is 5.87. The van der Waals surface area contributed by atoms with Crippen molar-refractivity contribution in [1.82, 2.24) is 11.0 Å². The van der Waals surface area contributed by atoms with E-state index in [-0.39, 0.29) is 0 Å². The molecule has 0 aliphatic carbocycles. The summed E-state index contributed by atoms with van der Waals surface area (Å²) in [4.78, 5) is 33.6. The van der Waals surface area contributed by atoms with Gasteiger partial charge in [-0.2, -0.15) is 9.68 Å². The van der Waals surface area contributed by atoms with Crippen LogP contribution in [0.25, 0.3) is 0 Å². The Balaban J connectivity index is 3.37. The van der Waals surface area contributed by atoms with Gasteiger partial charge in [-0.1, -0.05) is 217 Å². The molecule has 0 saturated heterocycles. The summed E-state index contributed by atoms with van der Waals surface area (Å²) >= 11 is 0. The molecule has 2 radical (unpaired) electrons. The SMILES string of the molecule is CCCCCCCCCCCCCCCCCCNOC(=[O+])/C=C/C=C/C(=[O+])ONCCCCCCCCCCCCCCCCCC. The molecule has 0 aliphatic heterocycles. The largest absolute Gasteiger partial charge is 0.623 e.